The molecule has 0 saturated heterocycles. The Labute approximate surface area is 174 Å². The third-order valence-corrected chi connectivity index (χ3v) is 5.39. The molecule has 29 heavy (non-hydrogen) atoms. The van der Waals surface area contributed by atoms with Gasteiger partial charge in [0.25, 0.3) is 11.8 Å². The molecule has 3 N–H and O–H groups in total. The van der Waals surface area contributed by atoms with E-state index in [1.165, 1.54) is 32.4 Å². The number of carbonyl (C=O) groups is 2. The molecule has 9 nitrogen and oxygen atoms in total. The number of phenols is 1. The molecule has 152 valence electrons. The van der Waals surface area contributed by atoms with Gasteiger partial charge in [0, 0.05) is 12.1 Å². The Morgan fingerprint density at radius 3 is 2.62 bits per heavy atom. The van der Waals surface area contributed by atoms with E-state index in [-0.39, 0.29) is 22.9 Å². The van der Waals surface area contributed by atoms with Crippen molar-refractivity contribution in [2.45, 2.75) is 13.5 Å². The third-order valence-electron chi connectivity index (χ3n) is 3.97. The first kappa shape index (κ1) is 20.8. The van der Waals surface area contributed by atoms with Gasteiger partial charge in [-0.2, -0.15) is 4.98 Å². The zero-order valence-corrected chi connectivity index (χ0v) is 17.3. The first-order chi connectivity index (χ1) is 13.8. The molecule has 2 heterocycles. The number of nitrogens with one attached hydrogen (secondary N) is 2. The van der Waals surface area contributed by atoms with E-state index < -0.39 is 11.8 Å². The van der Waals surface area contributed by atoms with Crippen LogP contribution in [0.2, 0.25) is 5.02 Å². The summed E-state index contributed by atoms with van der Waals surface area (Å²) in [5, 5.41) is 10.7. The summed E-state index contributed by atoms with van der Waals surface area (Å²) in [5.74, 6) is -0.755. The van der Waals surface area contributed by atoms with Crippen LogP contribution in [0.1, 0.15) is 31.4 Å². The first-order valence-corrected chi connectivity index (χ1v) is 9.47. The van der Waals surface area contributed by atoms with Crippen molar-refractivity contribution in [1.82, 2.24) is 20.8 Å². The highest BCUT2D eigenvalue weighted by Gasteiger charge is 2.22. The quantitative estimate of drug-likeness (QED) is 0.525. The highest BCUT2D eigenvalue weighted by Crippen LogP contribution is 2.35. The summed E-state index contributed by atoms with van der Waals surface area (Å²) < 4.78 is 10.4. The standard InChI is InChI=1S/C18H17ClN4O5S/c1-8-13-17(28-3)20-12(7-27-2)21-18(13)29-14(8)16(26)23-22-15(25)10-6-9(19)4-5-11(10)24/h4-6,24H,7H2,1-3H3,(H,22,25)(H,23,26). The van der Waals surface area contributed by atoms with Gasteiger partial charge in [-0.15, -0.1) is 11.3 Å². The van der Waals surface area contributed by atoms with Gasteiger partial charge >= 0.3 is 0 Å². The van der Waals surface area contributed by atoms with Crippen molar-refractivity contribution in [3.63, 3.8) is 0 Å². The van der Waals surface area contributed by atoms with Crippen LogP contribution in [0.4, 0.5) is 0 Å². The maximum Gasteiger partial charge on any atom is 0.280 e. The van der Waals surface area contributed by atoms with Crippen molar-refractivity contribution >= 4 is 45.0 Å². The van der Waals surface area contributed by atoms with Gasteiger partial charge in [0.1, 0.15) is 17.2 Å². The number of amides is 2. The van der Waals surface area contributed by atoms with Gasteiger partial charge in [-0.3, -0.25) is 20.4 Å². The fourth-order valence-electron chi connectivity index (χ4n) is 2.63. The number of aryl methyl sites for hydroxylation is 1. The summed E-state index contributed by atoms with van der Waals surface area (Å²) in [6, 6.07) is 4.03. The summed E-state index contributed by atoms with van der Waals surface area (Å²) in [7, 11) is 3.01. The van der Waals surface area contributed by atoms with E-state index in [1.54, 1.807) is 6.92 Å². The number of aromatic nitrogens is 2. The summed E-state index contributed by atoms with van der Waals surface area (Å²) in [5.41, 5.74) is 5.13. The number of thiophene rings is 1. The van der Waals surface area contributed by atoms with Crippen LogP contribution in [0.25, 0.3) is 10.2 Å². The number of phenolic OH excluding ortho intramolecular Hbond substituents is 1. The SMILES string of the molecule is COCc1nc(OC)c2c(C)c(C(=O)NNC(=O)c3cc(Cl)ccc3O)sc2n1. The Kier molecular flexibility index (Phi) is 6.16. The fraction of sp³-hybridized carbons (Fsp3) is 0.222. The fourth-order valence-corrected chi connectivity index (χ4v) is 3.89. The number of carbonyl (C=O) groups excluding carboxylic acids is 2. The number of hydrogen-bond donors (Lipinski definition) is 3. The second-order valence-corrected chi connectivity index (χ2v) is 7.32. The molecule has 0 unspecified atom stereocenters. The van der Waals surface area contributed by atoms with E-state index in [1.807, 2.05) is 0 Å². The lowest BCUT2D eigenvalue weighted by Crippen LogP contribution is -2.41. The van der Waals surface area contributed by atoms with E-state index in [0.29, 0.717) is 32.4 Å². The molecular formula is C18H17ClN4O5S. The number of aromatic hydroxyl groups is 1. The molecule has 2 aromatic heterocycles. The van der Waals surface area contributed by atoms with Crippen LogP contribution in [-0.4, -0.2) is 41.1 Å². The average Bonchev–Trinajstić information content (AvgIpc) is 3.04. The van der Waals surface area contributed by atoms with Gasteiger partial charge in [-0.05, 0) is 30.7 Å². The number of nitrogens with zero attached hydrogens (tertiary/aromatic N) is 2. The van der Waals surface area contributed by atoms with Gasteiger partial charge in [0.05, 0.1) is 22.9 Å². The molecular weight excluding hydrogens is 420 g/mol. The van der Waals surface area contributed by atoms with Crippen LogP contribution in [0, 0.1) is 6.92 Å². The lowest BCUT2D eigenvalue weighted by Gasteiger charge is -2.08. The molecule has 3 aromatic rings. The second kappa shape index (κ2) is 8.60. The molecule has 0 saturated carbocycles. The number of methoxy groups -OCH3 is 2. The number of benzene rings is 1. The van der Waals surface area contributed by atoms with Crippen LogP contribution in [-0.2, 0) is 11.3 Å². The van der Waals surface area contributed by atoms with Crippen LogP contribution >= 0.6 is 22.9 Å². The minimum atomic E-state index is -0.711. The third kappa shape index (κ3) is 4.24. The summed E-state index contributed by atoms with van der Waals surface area (Å²) in [6.07, 6.45) is 0. The van der Waals surface area contributed by atoms with Crippen molar-refractivity contribution in [1.29, 1.82) is 0 Å². The van der Waals surface area contributed by atoms with E-state index in [9.17, 15) is 14.7 Å². The predicted octanol–water partition coefficient (Wildman–Crippen LogP) is 2.59. The largest absolute Gasteiger partial charge is 0.507 e. The van der Waals surface area contributed by atoms with Gasteiger partial charge < -0.3 is 14.6 Å². The topological polar surface area (TPSA) is 123 Å². The van der Waals surface area contributed by atoms with Gasteiger partial charge in [0.2, 0.25) is 5.88 Å². The second-order valence-electron chi connectivity index (χ2n) is 5.89. The number of hydrazine groups is 1. The van der Waals surface area contributed by atoms with E-state index in [0.717, 1.165) is 11.3 Å². The Hall–Kier alpha value is -2.95. The van der Waals surface area contributed by atoms with Gasteiger partial charge in [0.15, 0.2) is 5.82 Å². The zero-order chi connectivity index (χ0) is 21.1. The molecule has 0 radical (unpaired) electrons. The summed E-state index contributed by atoms with van der Waals surface area (Å²) in [6.45, 7) is 1.93. The smallest absolute Gasteiger partial charge is 0.280 e. The highest BCUT2D eigenvalue weighted by atomic mass is 35.5. The monoisotopic (exact) mass is 436 g/mol. The molecule has 0 aliphatic carbocycles. The number of ether oxygens (including phenoxy) is 2. The molecule has 1 aromatic carbocycles. The Morgan fingerprint density at radius 1 is 1.21 bits per heavy atom. The van der Waals surface area contributed by atoms with Crippen LogP contribution in [0.3, 0.4) is 0 Å². The molecule has 0 spiro atoms. The van der Waals surface area contributed by atoms with Crippen molar-refractivity contribution in [2.24, 2.45) is 0 Å². The Bertz CT molecular complexity index is 1100. The Morgan fingerprint density at radius 2 is 1.93 bits per heavy atom. The predicted molar refractivity (Wildman–Crippen MR) is 107 cm³/mol. The van der Waals surface area contributed by atoms with Crippen molar-refractivity contribution in [2.75, 3.05) is 14.2 Å². The van der Waals surface area contributed by atoms with E-state index in [2.05, 4.69) is 20.8 Å². The maximum atomic E-state index is 12.6. The van der Waals surface area contributed by atoms with Gasteiger partial charge in [-0.1, -0.05) is 11.6 Å². The van der Waals surface area contributed by atoms with Crippen LogP contribution in [0.5, 0.6) is 11.6 Å². The normalized spacial score (nSPS) is 10.8. The minimum absolute atomic E-state index is 0.0670. The van der Waals surface area contributed by atoms with Crippen LogP contribution < -0.4 is 15.6 Å². The highest BCUT2D eigenvalue weighted by molar-refractivity contribution is 7.20. The Balaban J connectivity index is 1.84. The van der Waals surface area contributed by atoms with Crippen LogP contribution in [0.15, 0.2) is 18.2 Å². The number of fused-ring (bicyclic) bond motifs is 1. The molecule has 0 fully saturated rings. The molecule has 3 rings (SSSR count). The summed E-state index contributed by atoms with van der Waals surface area (Å²) in [4.78, 5) is 34.4. The van der Waals surface area contributed by atoms with Crippen molar-refractivity contribution in [3.8, 4) is 11.6 Å². The van der Waals surface area contributed by atoms with Gasteiger partial charge in [-0.25, -0.2) is 4.98 Å². The minimum Gasteiger partial charge on any atom is -0.507 e. The lowest BCUT2D eigenvalue weighted by molar-refractivity contribution is 0.0847. The van der Waals surface area contributed by atoms with Crippen molar-refractivity contribution in [3.05, 3.63) is 45.1 Å². The number of rotatable bonds is 5. The number of hydrogen-bond acceptors (Lipinski definition) is 8. The zero-order valence-electron chi connectivity index (χ0n) is 15.7. The number of halogens is 1. The maximum absolute atomic E-state index is 12.6. The molecule has 0 aliphatic rings. The molecule has 2 amide bonds. The molecule has 0 aliphatic heterocycles. The van der Waals surface area contributed by atoms with E-state index >= 15 is 0 Å². The average molecular weight is 437 g/mol. The molecule has 0 atom stereocenters. The summed E-state index contributed by atoms with van der Waals surface area (Å²) >= 11 is 6.97. The van der Waals surface area contributed by atoms with E-state index in [4.69, 9.17) is 21.1 Å². The lowest BCUT2D eigenvalue weighted by atomic mass is 10.2. The molecule has 0 bridgehead atoms. The van der Waals surface area contributed by atoms with Crippen molar-refractivity contribution < 1.29 is 24.2 Å². The first-order valence-electron chi connectivity index (χ1n) is 8.27. The molecule has 11 heteroatoms.